The summed E-state index contributed by atoms with van der Waals surface area (Å²) in [5.41, 5.74) is 1.92. The zero-order valence-electron chi connectivity index (χ0n) is 21.2. The number of hydrogen-bond acceptors (Lipinski definition) is 4. The summed E-state index contributed by atoms with van der Waals surface area (Å²) in [6.45, 7) is 9.79. The molecule has 2 aliphatic carbocycles. The molecule has 0 aromatic carbocycles. The zero-order chi connectivity index (χ0) is 24.2. The molecule has 188 valence electrons. The number of aromatic carboxylic acids is 1. The average Bonchev–Trinajstić information content (AvgIpc) is 3.26. The maximum atomic E-state index is 14.0. The van der Waals surface area contributed by atoms with Gasteiger partial charge in [-0.3, -0.25) is 4.79 Å². The van der Waals surface area contributed by atoms with Gasteiger partial charge in [0.15, 0.2) is 0 Å². The maximum Gasteiger partial charge on any atom is 0.348 e. The van der Waals surface area contributed by atoms with Gasteiger partial charge < -0.3 is 14.9 Å². The number of allylic oxidation sites excluding steroid dienone is 2. The molecule has 1 aromatic rings. The molecule has 0 unspecified atom stereocenters. The number of piperidine rings is 1. The number of carboxylic acids is 1. The molecule has 0 bridgehead atoms. The lowest BCUT2D eigenvalue weighted by Gasteiger charge is -2.41. The Balaban J connectivity index is 1.65. The number of rotatable bonds is 7. The van der Waals surface area contributed by atoms with Gasteiger partial charge in [-0.15, -0.1) is 11.3 Å². The van der Waals surface area contributed by atoms with E-state index in [1.54, 1.807) is 0 Å². The summed E-state index contributed by atoms with van der Waals surface area (Å²) in [7, 11) is 0. The molecule has 6 heteroatoms. The molecule has 1 N–H and O–H groups in total. The number of amides is 1. The molecule has 1 saturated carbocycles. The van der Waals surface area contributed by atoms with E-state index < -0.39 is 5.97 Å². The van der Waals surface area contributed by atoms with Crippen LogP contribution in [0.4, 0.5) is 5.69 Å². The number of nitrogens with zero attached hydrogens (tertiary/aromatic N) is 2. The molecular formula is C28H42N2O3S. The summed E-state index contributed by atoms with van der Waals surface area (Å²) in [4.78, 5) is 32.2. The number of carbonyl (C=O) groups excluding carboxylic acids is 1. The number of carbonyl (C=O) groups is 2. The Morgan fingerprint density at radius 3 is 2.41 bits per heavy atom. The molecule has 1 aliphatic heterocycles. The molecule has 5 nitrogen and oxygen atoms in total. The lowest BCUT2D eigenvalue weighted by molar-refractivity contribution is -0.124. The van der Waals surface area contributed by atoms with Crippen molar-refractivity contribution in [3.05, 3.63) is 21.9 Å². The Hall–Kier alpha value is -1.66. The quantitative estimate of drug-likeness (QED) is 0.467. The van der Waals surface area contributed by atoms with E-state index in [0.717, 1.165) is 82.3 Å². The van der Waals surface area contributed by atoms with E-state index in [2.05, 4.69) is 31.7 Å². The molecule has 0 radical (unpaired) electrons. The first-order valence-electron chi connectivity index (χ1n) is 13.5. The predicted molar refractivity (Wildman–Crippen MR) is 141 cm³/mol. The highest BCUT2D eigenvalue weighted by Gasteiger charge is 2.37. The minimum atomic E-state index is -0.907. The molecule has 1 saturated heterocycles. The van der Waals surface area contributed by atoms with Crippen LogP contribution < -0.4 is 4.90 Å². The van der Waals surface area contributed by atoms with Crippen LogP contribution in [0.25, 0.3) is 5.57 Å². The lowest BCUT2D eigenvalue weighted by atomic mass is 9.82. The van der Waals surface area contributed by atoms with Gasteiger partial charge in [0.2, 0.25) is 5.91 Å². The van der Waals surface area contributed by atoms with Crippen molar-refractivity contribution in [2.45, 2.75) is 91.0 Å². The summed E-state index contributed by atoms with van der Waals surface area (Å²) in [6, 6.07) is 2.12. The Kier molecular flexibility index (Phi) is 8.52. The third kappa shape index (κ3) is 5.93. The lowest BCUT2D eigenvalue weighted by Crippen LogP contribution is -2.50. The van der Waals surface area contributed by atoms with Gasteiger partial charge in [0.05, 0.1) is 5.69 Å². The normalized spacial score (nSPS) is 24.8. The van der Waals surface area contributed by atoms with Crippen molar-refractivity contribution in [1.29, 1.82) is 0 Å². The fourth-order valence-electron chi connectivity index (χ4n) is 6.01. The van der Waals surface area contributed by atoms with Gasteiger partial charge in [-0.25, -0.2) is 4.79 Å². The van der Waals surface area contributed by atoms with Crippen LogP contribution in [0.2, 0.25) is 0 Å². The van der Waals surface area contributed by atoms with Crippen molar-refractivity contribution < 1.29 is 14.7 Å². The second-order valence-corrected chi connectivity index (χ2v) is 12.2. The SMILES string of the molecule is CC(C)CN1CCC(N(c2cc(C3=CCCCC3)sc2C(=O)O)C(=O)[C@H]2CC[C@H](C)CC2)CC1. The predicted octanol–water partition coefficient (Wildman–Crippen LogP) is 6.68. The highest BCUT2D eigenvalue weighted by Crippen LogP contribution is 2.41. The van der Waals surface area contributed by atoms with E-state index in [9.17, 15) is 14.7 Å². The van der Waals surface area contributed by atoms with Crippen LogP contribution in [-0.4, -0.2) is 47.6 Å². The molecule has 34 heavy (non-hydrogen) atoms. The van der Waals surface area contributed by atoms with Crippen LogP contribution >= 0.6 is 11.3 Å². The second-order valence-electron chi connectivity index (χ2n) is 11.2. The monoisotopic (exact) mass is 486 g/mol. The highest BCUT2D eigenvalue weighted by atomic mass is 32.1. The number of anilines is 1. The third-order valence-corrected chi connectivity index (χ3v) is 9.11. The van der Waals surface area contributed by atoms with E-state index >= 15 is 0 Å². The van der Waals surface area contributed by atoms with Crippen molar-refractivity contribution in [2.24, 2.45) is 17.8 Å². The summed E-state index contributed by atoms with van der Waals surface area (Å²) in [5, 5.41) is 10.1. The third-order valence-electron chi connectivity index (χ3n) is 7.92. The molecule has 1 aromatic heterocycles. The summed E-state index contributed by atoms with van der Waals surface area (Å²) in [5.74, 6) is 0.579. The Morgan fingerprint density at radius 1 is 1.12 bits per heavy atom. The van der Waals surface area contributed by atoms with Gasteiger partial charge in [0.1, 0.15) is 4.88 Å². The fourth-order valence-corrected chi connectivity index (χ4v) is 7.07. The highest BCUT2D eigenvalue weighted by molar-refractivity contribution is 7.15. The molecular weight excluding hydrogens is 444 g/mol. The van der Waals surface area contributed by atoms with Crippen molar-refractivity contribution in [3.63, 3.8) is 0 Å². The molecule has 1 amide bonds. The molecule has 4 rings (SSSR count). The average molecular weight is 487 g/mol. The van der Waals surface area contributed by atoms with Crippen molar-refractivity contribution in [1.82, 2.24) is 4.90 Å². The largest absolute Gasteiger partial charge is 0.477 e. The Labute approximate surface area is 209 Å². The minimum absolute atomic E-state index is 0.0174. The number of thiophene rings is 1. The van der Waals surface area contributed by atoms with E-state index in [-0.39, 0.29) is 17.9 Å². The summed E-state index contributed by atoms with van der Waals surface area (Å²) >= 11 is 1.37. The first-order chi connectivity index (χ1) is 16.3. The Bertz CT molecular complexity index is 889. The van der Waals surface area contributed by atoms with Gasteiger partial charge in [-0.1, -0.05) is 26.8 Å². The molecule has 2 fully saturated rings. The number of likely N-dealkylation sites (tertiary alicyclic amines) is 1. The van der Waals surface area contributed by atoms with Crippen LogP contribution in [-0.2, 0) is 4.79 Å². The van der Waals surface area contributed by atoms with Crippen LogP contribution in [0.1, 0.15) is 99.5 Å². The van der Waals surface area contributed by atoms with E-state index in [4.69, 9.17) is 0 Å². The van der Waals surface area contributed by atoms with Crippen LogP contribution in [0.3, 0.4) is 0 Å². The number of carboxylic acid groups (broad SMARTS) is 1. The van der Waals surface area contributed by atoms with Gasteiger partial charge in [0, 0.05) is 36.5 Å². The van der Waals surface area contributed by atoms with E-state index in [0.29, 0.717) is 22.4 Å². The summed E-state index contributed by atoms with van der Waals surface area (Å²) in [6.07, 6.45) is 12.5. The van der Waals surface area contributed by atoms with Crippen molar-refractivity contribution in [2.75, 3.05) is 24.5 Å². The summed E-state index contributed by atoms with van der Waals surface area (Å²) < 4.78 is 0. The molecule has 0 spiro atoms. The van der Waals surface area contributed by atoms with Gasteiger partial charge in [-0.05, 0) is 87.7 Å². The van der Waals surface area contributed by atoms with Gasteiger partial charge >= 0.3 is 5.97 Å². The first kappa shape index (κ1) is 25.4. The van der Waals surface area contributed by atoms with Gasteiger partial charge in [0.25, 0.3) is 0 Å². The second kappa shape index (κ2) is 11.4. The van der Waals surface area contributed by atoms with Crippen molar-refractivity contribution in [3.8, 4) is 0 Å². The molecule has 2 heterocycles. The maximum absolute atomic E-state index is 14.0. The molecule has 0 atom stereocenters. The standard InChI is InChI=1S/C28H42N2O3S/c1-19(2)18-29-15-13-23(14-16-29)30(27(31)22-11-9-20(3)10-12-22)24-17-25(34-26(24)28(32)33)21-7-5-4-6-8-21/h7,17,19-20,22-23H,4-6,8-16,18H2,1-3H3,(H,32,33)/t20-,22-. The smallest absolute Gasteiger partial charge is 0.348 e. The topological polar surface area (TPSA) is 60.9 Å². The fraction of sp³-hybridized carbons (Fsp3) is 0.714. The van der Waals surface area contributed by atoms with E-state index in [1.807, 2.05) is 11.0 Å². The Morgan fingerprint density at radius 2 is 1.82 bits per heavy atom. The van der Waals surface area contributed by atoms with Crippen LogP contribution in [0.5, 0.6) is 0 Å². The van der Waals surface area contributed by atoms with Crippen LogP contribution in [0.15, 0.2) is 12.1 Å². The first-order valence-corrected chi connectivity index (χ1v) is 14.3. The van der Waals surface area contributed by atoms with Crippen LogP contribution in [0, 0.1) is 17.8 Å². The molecule has 3 aliphatic rings. The van der Waals surface area contributed by atoms with E-state index in [1.165, 1.54) is 23.3 Å². The zero-order valence-corrected chi connectivity index (χ0v) is 22.0. The minimum Gasteiger partial charge on any atom is -0.477 e. The van der Waals surface area contributed by atoms with Gasteiger partial charge in [-0.2, -0.15) is 0 Å². The number of hydrogen-bond donors (Lipinski definition) is 1. The van der Waals surface area contributed by atoms with Crippen molar-refractivity contribution >= 4 is 34.5 Å².